The van der Waals surface area contributed by atoms with Gasteiger partial charge in [-0.3, -0.25) is 0 Å². The number of hydrogen-bond acceptors (Lipinski definition) is 0. The van der Waals surface area contributed by atoms with E-state index in [9.17, 15) is 0 Å². The molecule has 0 heteroatoms. The molecule has 0 radical (unpaired) electrons. The normalized spacial score (nSPS) is 18.3. The van der Waals surface area contributed by atoms with Crippen molar-refractivity contribution in [3.63, 3.8) is 0 Å². The van der Waals surface area contributed by atoms with Crippen molar-refractivity contribution in [1.82, 2.24) is 0 Å². The summed E-state index contributed by atoms with van der Waals surface area (Å²) < 4.78 is 0. The molecule has 0 N–H and O–H groups in total. The lowest BCUT2D eigenvalue weighted by Crippen LogP contribution is -2.28. The molecule has 1 spiro atoms. The van der Waals surface area contributed by atoms with Gasteiger partial charge in [0.15, 0.2) is 0 Å². The largest absolute Gasteiger partial charge is 0.0987 e. The quantitative estimate of drug-likeness (QED) is 0.529. The van der Waals surface area contributed by atoms with Crippen molar-refractivity contribution in [2.24, 2.45) is 0 Å². The van der Waals surface area contributed by atoms with E-state index < -0.39 is 0 Å². The highest BCUT2D eigenvalue weighted by atomic mass is 14.5. The molecular weight excluding hydrogens is 324 g/mol. The summed E-state index contributed by atoms with van der Waals surface area (Å²) in [5, 5.41) is 0. The van der Waals surface area contributed by atoms with Crippen molar-refractivity contribution in [2.75, 3.05) is 0 Å². The molecule has 0 aromatic heterocycles. The Morgan fingerprint density at radius 3 is 2.30 bits per heavy atom. The molecule has 1 fully saturated rings. The van der Waals surface area contributed by atoms with Gasteiger partial charge in [0.2, 0.25) is 0 Å². The topological polar surface area (TPSA) is 0 Å². The summed E-state index contributed by atoms with van der Waals surface area (Å²) in [6, 6.07) is 13.7. The Morgan fingerprint density at radius 1 is 0.889 bits per heavy atom. The Morgan fingerprint density at radius 2 is 1.63 bits per heavy atom. The van der Waals surface area contributed by atoms with Crippen molar-refractivity contribution in [2.45, 2.75) is 58.3 Å². The molecule has 0 nitrogen and oxygen atoms in total. The third-order valence-corrected chi connectivity index (χ3v) is 6.66. The van der Waals surface area contributed by atoms with E-state index in [1.54, 1.807) is 0 Å². The fraction of sp³-hybridized carbons (Fsp3) is 0.333. The smallest absolute Gasteiger partial charge is 0.0215 e. The van der Waals surface area contributed by atoms with Crippen LogP contribution >= 0.6 is 0 Å². The second kappa shape index (κ2) is 7.00. The van der Waals surface area contributed by atoms with E-state index in [4.69, 9.17) is 0 Å². The minimum atomic E-state index is 0.162. The molecule has 2 aromatic rings. The van der Waals surface area contributed by atoms with Gasteiger partial charge in [-0.1, -0.05) is 74.4 Å². The maximum absolute atomic E-state index is 4.23. The monoisotopic (exact) mass is 354 g/mol. The summed E-state index contributed by atoms with van der Waals surface area (Å²) in [6.45, 7) is 10.8. The molecule has 0 bridgehead atoms. The first kappa shape index (κ1) is 18.0. The van der Waals surface area contributed by atoms with Crippen LogP contribution in [0.3, 0.4) is 0 Å². The van der Waals surface area contributed by atoms with Gasteiger partial charge in [-0.05, 0) is 84.2 Å². The van der Waals surface area contributed by atoms with Crippen molar-refractivity contribution in [3.8, 4) is 11.1 Å². The van der Waals surface area contributed by atoms with E-state index >= 15 is 0 Å². The van der Waals surface area contributed by atoms with E-state index in [-0.39, 0.29) is 5.41 Å². The lowest BCUT2D eigenvalue weighted by atomic mass is 9.66. The summed E-state index contributed by atoms with van der Waals surface area (Å²) in [5.41, 5.74) is 11.4. The minimum absolute atomic E-state index is 0.162. The highest BCUT2D eigenvalue weighted by Gasteiger charge is 2.44. The second-order valence-corrected chi connectivity index (χ2v) is 8.20. The molecule has 0 unspecified atom stereocenters. The Bertz CT molecular complexity index is 946. The van der Waals surface area contributed by atoms with Gasteiger partial charge in [0.25, 0.3) is 0 Å². The maximum atomic E-state index is 4.23. The third kappa shape index (κ3) is 2.74. The molecule has 2 aliphatic rings. The fourth-order valence-corrected chi connectivity index (χ4v) is 5.39. The molecule has 0 atom stereocenters. The molecule has 2 aliphatic carbocycles. The molecule has 0 heterocycles. The van der Waals surface area contributed by atoms with Gasteiger partial charge in [0, 0.05) is 5.41 Å². The number of allylic oxidation sites excluding steroid dienone is 5. The highest BCUT2D eigenvalue weighted by Crippen LogP contribution is 2.55. The highest BCUT2D eigenvalue weighted by molar-refractivity contribution is 5.90. The van der Waals surface area contributed by atoms with Gasteiger partial charge >= 0.3 is 0 Å². The molecule has 27 heavy (non-hydrogen) atoms. The van der Waals surface area contributed by atoms with E-state index in [0.29, 0.717) is 0 Å². The van der Waals surface area contributed by atoms with Crippen LogP contribution in [0.1, 0.15) is 61.3 Å². The number of benzene rings is 2. The summed E-state index contributed by atoms with van der Waals surface area (Å²) in [5.74, 6) is 0. The first-order valence-corrected chi connectivity index (χ1v) is 10.3. The summed E-state index contributed by atoms with van der Waals surface area (Å²) in [4.78, 5) is 0. The number of fused-ring (bicyclic) bond motifs is 2. The SMILES string of the molecule is C=CC1=C(/C=C\C)c2cc(C)c(-c3ccccc3C)cc2C12CCCCC2. The average molecular weight is 355 g/mol. The van der Waals surface area contributed by atoms with Gasteiger partial charge in [-0.25, -0.2) is 0 Å². The first-order chi connectivity index (χ1) is 13.1. The summed E-state index contributed by atoms with van der Waals surface area (Å²) in [7, 11) is 0. The van der Waals surface area contributed by atoms with Gasteiger partial charge < -0.3 is 0 Å². The van der Waals surface area contributed by atoms with Crippen LogP contribution in [0.2, 0.25) is 0 Å². The molecule has 0 amide bonds. The predicted molar refractivity (Wildman–Crippen MR) is 118 cm³/mol. The number of hydrogen-bond donors (Lipinski definition) is 0. The Labute approximate surface area is 164 Å². The third-order valence-electron chi connectivity index (χ3n) is 6.66. The van der Waals surface area contributed by atoms with Gasteiger partial charge in [-0.2, -0.15) is 0 Å². The van der Waals surface area contributed by atoms with Crippen molar-refractivity contribution < 1.29 is 0 Å². The Kier molecular flexibility index (Phi) is 4.68. The van der Waals surface area contributed by atoms with Gasteiger partial charge in [0.1, 0.15) is 0 Å². The van der Waals surface area contributed by atoms with Crippen LogP contribution in [-0.4, -0.2) is 0 Å². The van der Waals surface area contributed by atoms with Crippen molar-refractivity contribution in [3.05, 3.63) is 89.0 Å². The fourth-order valence-electron chi connectivity index (χ4n) is 5.39. The van der Waals surface area contributed by atoms with Crippen LogP contribution in [0.5, 0.6) is 0 Å². The van der Waals surface area contributed by atoms with Crippen LogP contribution in [0, 0.1) is 13.8 Å². The zero-order valence-corrected chi connectivity index (χ0v) is 16.9. The van der Waals surface area contributed by atoms with E-state index in [0.717, 1.165) is 0 Å². The summed E-state index contributed by atoms with van der Waals surface area (Å²) in [6.07, 6.45) is 13.1. The van der Waals surface area contributed by atoms with E-state index in [2.05, 4.69) is 82.0 Å². The lowest BCUT2D eigenvalue weighted by Gasteiger charge is -2.37. The van der Waals surface area contributed by atoms with Crippen molar-refractivity contribution >= 4 is 5.57 Å². The molecule has 0 aliphatic heterocycles. The van der Waals surface area contributed by atoms with Crippen LogP contribution in [0.4, 0.5) is 0 Å². The molecular formula is C27H30. The van der Waals surface area contributed by atoms with Crippen molar-refractivity contribution in [1.29, 1.82) is 0 Å². The second-order valence-electron chi connectivity index (χ2n) is 8.20. The van der Waals surface area contributed by atoms with Crippen LogP contribution in [0.15, 0.2) is 66.8 Å². The minimum Gasteiger partial charge on any atom is -0.0987 e. The Balaban J connectivity index is 1.99. The standard InChI is InChI=1S/C27H30/c1-5-12-22-24-17-20(4)23(21-14-9-8-13-19(21)3)18-26(24)27(25(22)6-2)15-10-7-11-16-27/h5-6,8-9,12-14,17-18H,2,7,10-11,15-16H2,1,3-4H3/b12-5-. The molecule has 4 rings (SSSR count). The molecule has 0 saturated heterocycles. The summed E-state index contributed by atoms with van der Waals surface area (Å²) >= 11 is 0. The van der Waals surface area contributed by atoms with E-state index in [1.165, 1.54) is 76.6 Å². The predicted octanol–water partition coefficient (Wildman–Crippen LogP) is 7.70. The zero-order valence-electron chi connectivity index (χ0n) is 16.9. The van der Waals surface area contributed by atoms with E-state index in [1.807, 2.05) is 0 Å². The van der Waals surface area contributed by atoms with Gasteiger partial charge in [0.05, 0.1) is 0 Å². The Hall–Kier alpha value is -2.34. The number of rotatable bonds is 3. The maximum Gasteiger partial charge on any atom is 0.0215 e. The van der Waals surface area contributed by atoms with Crippen LogP contribution < -0.4 is 0 Å². The van der Waals surface area contributed by atoms with Crippen LogP contribution in [0.25, 0.3) is 16.7 Å². The molecule has 138 valence electrons. The average Bonchev–Trinajstić information content (AvgIpc) is 2.91. The van der Waals surface area contributed by atoms with Crippen LogP contribution in [-0.2, 0) is 5.41 Å². The first-order valence-electron chi connectivity index (χ1n) is 10.3. The zero-order chi connectivity index (χ0) is 19.0. The number of aryl methyl sites for hydroxylation is 2. The van der Waals surface area contributed by atoms with Gasteiger partial charge in [-0.15, -0.1) is 0 Å². The lowest BCUT2D eigenvalue weighted by molar-refractivity contribution is 0.350. The molecule has 2 aromatic carbocycles. The molecule has 1 saturated carbocycles.